The summed E-state index contributed by atoms with van der Waals surface area (Å²) in [7, 11) is 0. The molecular weight excluding hydrogens is 292 g/mol. The van der Waals surface area contributed by atoms with E-state index >= 15 is 0 Å². The number of nitrogens with one attached hydrogen (secondary N) is 1. The van der Waals surface area contributed by atoms with E-state index in [1.165, 1.54) is 12.1 Å². The van der Waals surface area contributed by atoms with Gasteiger partial charge in [-0.15, -0.1) is 24.8 Å². The molecule has 0 aromatic heterocycles. The minimum Gasteiger partial charge on any atom is -0.368 e. The van der Waals surface area contributed by atoms with Crippen LogP contribution in [0, 0.1) is 5.82 Å². The molecule has 0 radical (unpaired) electrons. The van der Waals surface area contributed by atoms with E-state index in [9.17, 15) is 9.18 Å². The second kappa shape index (κ2) is 8.32. The van der Waals surface area contributed by atoms with Crippen molar-refractivity contribution < 1.29 is 9.18 Å². The van der Waals surface area contributed by atoms with Crippen LogP contribution < -0.4 is 11.1 Å². The maximum atomic E-state index is 12.9. The summed E-state index contributed by atoms with van der Waals surface area (Å²) >= 11 is 0. The van der Waals surface area contributed by atoms with Crippen LogP contribution in [0.25, 0.3) is 0 Å². The molecule has 1 amide bonds. The van der Waals surface area contributed by atoms with E-state index in [-0.39, 0.29) is 30.6 Å². The Morgan fingerprint density at radius 3 is 2.21 bits per heavy atom. The van der Waals surface area contributed by atoms with Gasteiger partial charge in [-0.1, -0.05) is 12.1 Å². The molecule has 1 heterocycles. The molecule has 1 unspecified atom stereocenters. The van der Waals surface area contributed by atoms with Crippen LogP contribution in [0.5, 0.6) is 0 Å². The zero-order valence-electron chi connectivity index (χ0n) is 10.3. The van der Waals surface area contributed by atoms with Gasteiger partial charge in [-0.05, 0) is 17.7 Å². The average molecular weight is 310 g/mol. The number of hydrogen-bond donors (Lipinski definition) is 2. The smallest absolute Gasteiger partial charge is 0.239 e. The highest BCUT2D eigenvalue weighted by Gasteiger charge is 2.26. The predicted molar refractivity (Wildman–Crippen MR) is 77.3 cm³/mol. The quantitative estimate of drug-likeness (QED) is 0.879. The number of hydrogen-bond acceptors (Lipinski definition) is 3. The number of piperazine rings is 1. The Bertz CT molecular complexity index is 396. The molecule has 7 heteroatoms. The molecule has 108 valence electrons. The summed E-state index contributed by atoms with van der Waals surface area (Å²) in [6.45, 7) is 3.21. The van der Waals surface area contributed by atoms with Crippen LogP contribution in [-0.4, -0.2) is 37.0 Å². The molecule has 4 nitrogen and oxygen atoms in total. The monoisotopic (exact) mass is 309 g/mol. The fourth-order valence-corrected chi connectivity index (χ4v) is 2.14. The lowest BCUT2D eigenvalue weighted by Gasteiger charge is -2.33. The van der Waals surface area contributed by atoms with Crippen LogP contribution in [0.15, 0.2) is 24.3 Å². The second-order valence-corrected chi connectivity index (χ2v) is 4.14. The first kappa shape index (κ1) is 18.1. The summed E-state index contributed by atoms with van der Waals surface area (Å²) in [5.74, 6) is -0.698. The van der Waals surface area contributed by atoms with Crippen molar-refractivity contribution in [3.63, 3.8) is 0 Å². The van der Waals surface area contributed by atoms with Gasteiger partial charge in [0.05, 0.1) is 0 Å². The third-order valence-electron chi connectivity index (χ3n) is 2.97. The molecule has 0 spiro atoms. The van der Waals surface area contributed by atoms with Crippen molar-refractivity contribution in [1.29, 1.82) is 0 Å². The number of nitrogens with two attached hydrogens (primary N) is 1. The SMILES string of the molecule is Cl.Cl.NC(=O)C(c1ccc(F)cc1)N1CCNCC1. The number of amides is 1. The molecule has 2 rings (SSSR count). The Morgan fingerprint density at radius 2 is 1.74 bits per heavy atom. The molecule has 1 aliphatic heterocycles. The van der Waals surface area contributed by atoms with Gasteiger partial charge in [-0.25, -0.2) is 4.39 Å². The molecule has 0 saturated carbocycles. The van der Waals surface area contributed by atoms with Crippen LogP contribution in [0.4, 0.5) is 4.39 Å². The first-order valence-electron chi connectivity index (χ1n) is 5.68. The standard InChI is InChI=1S/C12H16FN3O.2ClH/c13-10-3-1-9(2-4-10)11(12(14)17)16-7-5-15-6-8-16;;/h1-4,11,15H,5-8H2,(H2,14,17);2*1H. The average Bonchev–Trinajstić information content (AvgIpc) is 2.33. The number of carbonyl (C=O) groups excluding carboxylic acids is 1. The zero-order valence-corrected chi connectivity index (χ0v) is 12.0. The number of carbonyl (C=O) groups is 1. The number of halogens is 3. The Balaban J connectivity index is 0.00000162. The fraction of sp³-hybridized carbons (Fsp3) is 0.417. The van der Waals surface area contributed by atoms with Crippen LogP contribution in [0.3, 0.4) is 0 Å². The largest absolute Gasteiger partial charge is 0.368 e. The van der Waals surface area contributed by atoms with Crippen molar-refractivity contribution in [3.8, 4) is 0 Å². The maximum absolute atomic E-state index is 12.9. The van der Waals surface area contributed by atoms with Crippen LogP contribution in [0.1, 0.15) is 11.6 Å². The van der Waals surface area contributed by atoms with Crippen molar-refractivity contribution in [2.24, 2.45) is 5.73 Å². The van der Waals surface area contributed by atoms with Gasteiger partial charge in [0.15, 0.2) is 0 Å². The van der Waals surface area contributed by atoms with Crippen molar-refractivity contribution in [2.75, 3.05) is 26.2 Å². The van der Waals surface area contributed by atoms with Gasteiger partial charge < -0.3 is 11.1 Å². The molecule has 0 aliphatic carbocycles. The highest BCUT2D eigenvalue weighted by Crippen LogP contribution is 2.21. The Labute approximate surface area is 124 Å². The predicted octanol–water partition coefficient (Wildman–Crippen LogP) is 1.10. The molecule has 1 fully saturated rings. The van der Waals surface area contributed by atoms with Crippen molar-refractivity contribution in [1.82, 2.24) is 10.2 Å². The lowest BCUT2D eigenvalue weighted by molar-refractivity contribution is -0.123. The highest BCUT2D eigenvalue weighted by atomic mass is 35.5. The minimum atomic E-state index is -0.460. The summed E-state index contributed by atoms with van der Waals surface area (Å²) in [5, 5.41) is 3.22. The number of nitrogens with zero attached hydrogens (tertiary/aromatic N) is 1. The Morgan fingerprint density at radius 1 is 1.21 bits per heavy atom. The van der Waals surface area contributed by atoms with Crippen molar-refractivity contribution in [2.45, 2.75) is 6.04 Å². The van der Waals surface area contributed by atoms with Gasteiger partial charge in [0, 0.05) is 26.2 Å². The third kappa shape index (κ3) is 4.62. The van der Waals surface area contributed by atoms with Gasteiger partial charge in [-0.2, -0.15) is 0 Å². The van der Waals surface area contributed by atoms with Crippen LogP contribution in [-0.2, 0) is 4.79 Å². The highest BCUT2D eigenvalue weighted by molar-refractivity contribution is 5.85. The summed E-state index contributed by atoms with van der Waals surface area (Å²) in [5.41, 5.74) is 6.19. The van der Waals surface area contributed by atoms with Gasteiger partial charge in [0.2, 0.25) is 5.91 Å². The summed E-state index contributed by atoms with van der Waals surface area (Å²) in [4.78, 5) is 13.6. The van der Waals surface area contributed by atoms with E-state index in [4.69, 9.17) is 5.73 Å². The molecule has 1 atom stereocenters. The fourth-order valence-electron chi connectivity index (χ4n) is 2.14. The van der Waals surface area contributed by atoms with Gasteiger partial charge >= 0.3 is 0 Å². The van der Waals surface area contributed by atoms with Crippen molar-refractivity contribution >= 4 is 30.7 Å². The summed E-state index contributed by atoms with van der Waals surface area (Å²) < 4.78 is 12.9. The third-order valence-corrected chi connectivity index (χ3v) is 2.97. The lowest BCUT2D eigenvalue weighted by Crippen LogP contribution is -2.48. The maximum Gasteiger partial charge on any atom is 0.239 e. The van der Waals surface area contributed by atoms with E-state index in [1.54, 1.807) is 12.1 Å². The molecule has 3 N–H and O–H groups in total. The second-order valence-electron chi connectivity index (χ2n) is 4.14. The molecule has 1 saturated heterocycles. The molecule has 19 heavy (non-hydrogen) atoms. The van der Waals surface area contributed by atoms with E-state index in [0.717, 1.165) is 31.7 Å². The van der Waals surface area contributed by atoms with Crippen LogP contribution in [0.2, 0.25) is 0 Å². The van der Waals surface area contributed by atoms with Crippen LogP contribution >= 0.6 is 24.8 Å². The molecule has 1 aromatic carbocycles. The molecular formula is C12H18Cl2FN3O. The normalized spacial score (nSPS) is 16.9. The molecule has 0 bridgehead atoms. The van der Waals surface area contributed by atoms with Gasteiger partial charge in [0.25, 0.3) is 0 Å². The van der Waals surface area contributed by atoms with E-state index < -0.39 is 11.9 Å². The number of rotatable bonds is 3. The van der Waals surface area contributed by atoms with Gasteiger partial charge in [-0.3, -0.25) is 9.69 Å². The summed E-state index contributed by atoms with van der Waals surface area (Å²) in [6, 6.07) is 5.48. The van der Waals surface area contributed by atoms with Crippen molar-refractivity contribution in [3.05, 3.63) is 35.6 Å². The number of primary amides is 1. The molecule has 1 aromatic rings. The topological polar surface area (TPSA) is 58.4 Å². The van der Waals surface area contributed by atoms with E-state index in [1.807, 2.05) is 4.90 Å². The first-order chi connectivity index (χ1) is 8.18. The molecule has 1 aliphatic rings. The van der Waals surface area contributed by atoms with Gasteiger partial charge in [0.1, 0.15) is 11.9 Å². The Hall–Kier alpha value is -0.880. The van der Waals surface area contributed by atoms with E-state index in [2.05, 4.69) is 5.32 Å². The Kier molecular flexibility index (Phi) is 7.94. The minimum absolute atomic E-state index is 0. The lowest BCUT2D eigenvalue weighted by atomic mass is 10.0. The number of benzene rings is 1. The van der Waals surface area contributed by atoms with E-state index in [0.29, 0.717) is 0 Å². The first-order valence-corrected chi connectivity index (χ1v) is 5.68. The zero-order chi connectivity index (χ0) is 12.3. The summed E-state index contributed by atoms with van der Waals surface area (Å²) in [6.07, 6.45) is 0.